The van der Waals surface area contributed by atoms with Crippen molar-refractivity contribution in [2.45, 2.75) is 101 Å². The van der Waals surface area contributed by atoms with E-state index in [4.69, 9.17) is 19.6 Å². The average molecular weight is 1190 g/mol. The van der Waals surface area contributed by atoms with Gasteiger partial charge in [-0.2, -0.15) is 0 Å². The van der Waals surface area contributed by atoms with Crippen molar-refractivity contribution < 1.29 is 87.7 Å². The van der Waals surface area contributed by atoms with Crippen LogP contribution in [0.2, 0.25) is 0 Å². The van der Waals surface area contributed by atoms with Crippen molar-refractivity contribution in [3.63, 3.8) is 0 Å². The molecule has 28 nitrogen and oxygen atoms in total. The molecule has 3 aliphatic rings. The van der Waals surface area contributed by atoms with E-state index in [1.807, 2.05) is 0 Å². The Hall–Kier alpha value is -8.84. The molecule has 2 aromatic carbocycles. The van der Waals surface area contributed by atoms with Crippen LogP contribution in [0.4, 0.5) is 4.39 Å². The van der Waals surface area contributed by atoms with Gasteiger partial charge in [-0.1, -0.05) is 43.8 Å². The highest BCUT2D eigenvalue weighted by Gasteiger charge is 2.42. The summed E-state index contributed by atoms with van der Waals surface area (Å²) in [7, 11) is 0. The lowest BCUT2D eigenvalue weighted by Crippen LogP contribution is -2.54. The number of ether oxygens (including phenoxy) is 2. The van der Waals surface area contributed by atoms with Gasteiger partial charge in [-0.15, -0.1) is 0 Å². The normalized spacial score (nSPS) is 17.0. The maximum atomic E-state index is 15.4. The van der Waals surface area contributed by atoms with Gasteiger partial charge in [-0.25, -0.2) is 9.37 Å². The second-order valence-corrected chi connectivity index (χ2v) is 20.2. The SMILES string of the molecule is C=C1OCc2c(cc3n(c2=O)Cc2cc4c(CNC(=O)COCNC(=O)CNC(=O)[C@H](Cc5ccccc5)NC(=O)CNC(=O)[C@H](CCC(=O)NC[C@H](O)[C@@H](O)[C@H](O)[C@H](O)CO)NC(=O)CN5C(=O)C=CC5=O)c(C)c(F)cc4nc2-3)[C@@]1(O)CC. The number of hydrogen-bond acceptors (Lipinski definition) is 19. The number of carbonyl (C=O) groups excluding carboxylic acids is 9. The lowest BCUT2D eigenvalue weighted by atomic mass is 9.84. The zero-order valence-electron chi connectivity index (χ0n) is 46.1. The molecule has 5 heterocycles. The number of fused-ring (bicyclic) bond motifs is 5. The summed E-state index contributed by atoms with van der Waals surface area (Å²) in [5.41, 5.74) is 1.72. The topological polar surface area (TPSA) is 416 Å². The van der Waals surface area contributed by atoms with Gasteiger partial charge in [-0.05, 0) is 48.6 Å². The van der Waals surface area contributed by atoms with E-state index >= 15 is 4.39 Å². The van der Waals surface area contributed by atoms with Crippen LogP contribution in [0.25, 0.3) is 22.3 Å². The number of aromatic nitrogens is 2. The number of carbonyl (C=O) groups is 9. The smallest absolute Gasteiger partial charge is 0.258 e. The minimum Gasteiger partial charge on any atom is -0.490 e. The number of imide groups is 1. The summed E-state index contributed by atoms with van der Waals surface area (Å²) in [5.74, 6) is -8.16. The van der Waals surface area contributed by atoms with Gasteiger partial charge >= 0.3 is 0 Å². The lowest BCUT2D eigenvalue weighted by molar-refractivity contribution is -0.141. The van der Waals surface area contributed by atoms with Crippen LogP contribution in [0.1, 0.15) is 59.6 Å². The largest absolute Gasteiger partial charge is 0.490 e. The van der Waals surface area contributed by atoms with Gasteiger partial charge in [0, 0.05) is 60.7 Å². The maximum Gasteiger partial charge on any atom is 0.258 e. The third-order valence-corrected chi connectivity index (χ3v) is 14.5. The van der Waals surface area contributed by atoms with Gasteiger partial charge in [-0.3, -0.25) is 52.8 Å². The van der Waals surface area contributed by atoms with E-state index in [0.29, 0.717) is 49.5 Å². The summed E-state index contributed by atoms with van der Waals surface area (Å²) >= 11 is 0. The number of halogens is 1. The Kier molecular flexibility index (Phi) is 21.1. The molecule has 2 aromatic heterocycles. The Labute approximate surface area is 483 Å². The number of rotatable bonds is 28. The first-order valence-corrected chi connectivity index (χ1v) is 26.8. The third-order valence-electron chi connectivity index (χ3n) is 14.5. The number of hydrogen-bond donors (Lipinski definition) is 13. The lowest BCUT2D eigenvalue weighted by Gasteiger charge is -2.35. The summed E-state index contributed by atoms with van der Waals surface area (Å²) in [6, 6.07) is 10.2. The van der Waals surface area contributed by atoms with Crippen molar-refractivity contribution in [2.75, 3.05) is 46.1 Å². The quantitative estimate of drug-likeness (QED) is 0.0129. The highest BCUT2D eigenvalue weighted by Crippen LogP contribution is 2.42. The number of aliphatic hydroxyl groups excluding tert-OH is 5. The molecule has 0 unspecified atom stereocenters. The number of amides is 9. The van der Waals surface area contributed by atoms with Crippen LogP contribution in [-0.2, 0) is 84.3 Å². The van der Waals surface area contributed by atoms with Crippen LogP contribution in [0.5, 0.6) is 0 Å². The van der Waals surface area contributed by atoms with Crippen LogP contribution < -0.4 is 42.8 Å². The number of benzene rings is 2. The number of nitrogens with zero attached hydrogens (tertiary/aromatic N) is 3. The first kappa shape index (κ1) is 63.7. The van der Waals surface area contributed by atoms with Crippen molar-refractivity contribution in [1.82, 2.24) is 51.7 Å². The van der Waals surface area contributed by atoms with Gasteiger partial charge in [0.1, 0.15) is 74.1 Å². The molecule has 9 amide bonds. The van der Waals surface area contributed by atoms with Gasteiger partial charge < -0.3 is 81.9 Å². The minimum atomic E-state index is -2.00. The molecule has 7 atom stereocenters. The molecule has 0 spiro atoms. The molecular formula is C56H65FN10O18. The van der Waals surface area contributed by atoms with Crippen molar-refractivity contribution >= 4 is 64.1 Å². The Morgan fingerprint density at radius 3 is 2.16 bits per heavy atom. The fourth-order valence-electron chi connectivity index (χ4n) is 9.57. The van der Waals surface area contributed by atoms with Crippen molar-refractivity contribution in [1.29, 1.82) is 0 Å². The summed E-state index contributed by atoms with van der Waals surface area (Å²) in [6.07, 6.45) is -6.69. The summed E-state index contributed by atoms with van der Waals surface area (Å²) in [5, 5.41) is 77.4. The number of aliphatic hydroxyl groups is 6. The van der Waals surface area contributed by atoms with E-state index in [9.17, 15) is 73.5 Å². The maximum absolute atomic E-state index is 15.4. The van der Waals surface area contributed by atoms with Crippen LogP contribution in [0, 0.1) is 12.7 Å². The predicted octanol–water partition coefficient (Wildman–Crippen LogP) is -4.08. The van der Waals surface area contributed by atoms with Crippen molar-refractivity contribution in [2.24, 2.45) is 0 Å². The van der Waals surface area contributed by atoms with Crippen LogP contribution in [-0.4, -0.2) is 181 Å². The van der Waals surface area contributed by atoms with Gasteiger partial charge in [0.2, 0.25) is 41.4 Å². The Bertz CT molecular complexity index is 3360. The Morgan fingerprint density at radius 2 is 1.48 bits per heavy atom. The summed E-state index contributed by atoms with van der Waals surface area (Å²) < 4.78 is 27.9. The summed E-state index contributed by atoms with van der Waals surface area (Å²) in [4.78, 5) is 135. The molecule has 4 aromatic rings. The van der Waals surface area contributed by atoms with Crippen molar-refractivity contribution in [3.8, 4) is 11.4 Å². The van der Waals surface area contributed by atoms with Gasteiger partial charge in [0.05, 0.1) is 54.8 Å². The zero-order chi connectivity index (χ0) is 61.9. The van der Waals surface area contributed by atoms with E-state index in [1.54, 1.807) is 56.3 Å². The molecule has 0 saturated heterocycles. The number of nitrogens with one attached hydrogen (secondary N) is 7. The molecule has 3 aliphatic heterocycles. The molecule has 0 bridgehead atoms. The van der Waals surface area contributed by atoms with Gasteiger partial charge in [0.15, 0.2) is 0 Å². The summed E-state index contributed by atoms with van der Waals surface area (Å²) in [6.45, 7) is 2.15. The standard InChI is InChI=1S/C56H65FN10O18/c1-4-56(83)29(3)85-25-34-35(56)16-40-50-31(22-66(40)55(34)82)15-32-33(28(2)36(57)17-38(32)65-50)18-58-47(75)26-84-27-62-44(72)20-60-54(81)39(14-30-8-6-5-7-9-30)64-45(73)21-61-53(80)37(63-46(74)23-67-48(76)12-13-49(67)77)10-11-43(71)59-19-41(69)51(78)52(79)42(70)24-68/h5-9,12-13,15-17,37,39,41-42,51-52,68-70,78-79,83H,3-4,10-11,14,18-27H2,1-2H3,(H,58,75)(H,59,71)(H,60,81)(H,61,80)(H,62,72)(H,63,74)(H,64,73)/t37-,39-,41-,42+,51+,52+,56+/m0/s1. The molecule has 13 N–H and O–H groups in total. The van der Waals surface area contributed by atoms with Crippen LogP contribution >= 0.6 is 0 Å². The molecule has 7 rings (SSSR count). The molecule has 454 valence electrons. The third kappa shape index (κ3) is 15.3. The highest BCUT2D eigenvalue weighted by molar-refractivity contribution is 6.14. The van der Waals surface area contributed by atoms with Gasteiger partial charge in [0.25, 0.3) is 17.4 Å². The fourth-order valence-corrected chi connectivity index (χ4v) is 9.57. The Balaban J connectivity index is 0.892. The van der Waals surface area contributed by atoms with Crippen LogP contribution in [0.3, 0.4) is 0 Å². The highest BCUT2D eigenvalue weighted by atomic mass is 19.1. The molecular weight excluding hydrogens is 1120 g/mol. The first-order chi connectivity index (χ1) is 40.4. The van der Waals surface area contributed by atoms with E-state index < -0.39 is 160 Å². The molecule has 0 aliphatic carbocycles. The molecule has 0 radical (unpaired) electrons. The zero-order valence-corrected chi connectivity index (χ0v) is 46.1. The van der Waals surface area contributed by atoms with E-state index in [1.165, 1.54) is 10.6 Å². The van der Waals surface area contributed by atoms with Crippen LogP contribution in [0.15, 0.2) is 77.8 Å². The fraction of sp³-hybridized carbons (Fsp3) is 0.411. The monoisotopic (exact) mass is 1180 g/mol. The second kappa shape index (κ2) is 28.2. The molecule has 29 heteroatoms. The Morgan fingerprint density at radius 1 is 0.824 bits per heavy atom. The number of pyridine rings is 2. The first-order valence-electron chi connectivity index (χ1n) is 26.8. The molecule has 85 heavy (non-hydrogen) atoms. The predicted molar refractivity (Wildman–Crippen MR) is 293 cm³/mol. The van der Waals surface area contributed by atoms with E-state index in [2.05, 4.69) is 43.8 Å². The average Bonchev–Trinajstić information content (AvgIpc) is 1.79. The van der Waals surface area contributed by atoms with E-state index in [-0.39, 0.29) is 54.9 Å². The second-order valence-electron chi connectivity index (χ2n) is 20.2. The van der Waals surface area contributed by atoms with Crippen molar-refractivity contribution in [3.05, 3.63) is 123 Å². The minimum absolute atomic E-state index is 0.0645. The molecule has 0 fully saturated rings. The molecule has 0 saturated carbocycles. The van der Waals surface area contributed by atoms with E-state index in [0.717, 1.165) is 12.2 Å².